The van der Waals surface area contributed by atoms with Crippen molar-refractivity contribution in [2.75, 3.05) is 0 Å². The molecule has 0 aliphatic heterocycles. The summed E-state index contributed by atoms with van der Waals surface area (Å²) in [4.78, 5) is 0. The van der Waals surface area contributed by atoms with Crippen LogP contribution in [0, 0.1) is 12.7 Å². The highest BCUT2D eigenvalue weighted by Gasteiger charge is 2.11. The molecule has 18 heavy (non-hydrogen) atoms. The molecule has 0 atom stereocenters. The largest absolute Gasteiger partial charge is 0.310 e. The van der Waals surface area contributed by atoms with Gasteiger partial charge < -0.3 is 5.32 Å². The highest BCUT2D eigenvalue weighted by Crippen LogP contribution is 2.18. The van der Waals surface area contributed by atoms with Crippen molar-refractivity contribution in [2.45, 2.75) is 64.5 Å². The van der Waals surface area contributed by atoms with Gasteiger partial charge in [-0.25, -0.2) is 4.39 Å². The maximum atomic E-state index is 13.2. The Bertz CT molecular complexity index is 367. The lowest BCUT2D eigenvalue weighted by atomic mass is 9.96. The van der Waals surface area contributed by atoms with Gasteiger partial charge in [0.1, 0.15) is 5.82 Å². The standard InChI is InChI=1S/C16H24FN/c1-13-9-10-15(17)11-14(13)12-18-16-7-5-3-2-4-6-8-16/h9-11,16,18H,2-8,12H2,1H3. The Morgan fingerprint density at radius 3 is 2.50 bits per heavy atom. The summed E-state index contributed by atoms with van der Waals surface area (Å²) in [7, 11) is 0. The summed E-state index contributed by atoms with van der Waals surface area (Å²) in [6.07, 6.45) is 9.35. The molecule has 1 fully saturated rings. The summed E-state index contributed by atoms with van der Waals surface area (Å²) >= 11 is 0. The summed E-state index contributed by atoms with van der Waals surface area (Å²) in [5.41, 5.74) is 2.27. The maximum Gasteiger partial charge on any atom is 0.123 e. The van der Waals surface area contributed by atoms with Crippen LogP contribution in [-0.4, -0.2) is 6.04 Å². The Labute approximate surface area is 110 Å². The highest BCUT2D eigenvalue weighted by atomic mass is 19.1. The van der Waals surface area contributed by atoms with Crippen molar-refractivity contribution in [2.24, 2.45) is 0 Å². The molecule has 1 aromatic carbocycles. The molecular formula is C16H24FN. The Balaban J connectivity index is 1.87. The van der Waals surface area contributed by atoms with Crippen LogP contribution in [0.15, 0.2) is 18.2 Å². The van der Waals surface area contributed by atoms with Crippen LogP contribution in [0.2, 0.25) is 0 Å². The average molecular weight is 249 g/mol. The van der Waals surface area contributed by atoms with Gasteiger partial charge in [-0.2, -0.15) is 0 Å². The zero-order chi connectivity index (χ0) is 12.8. The molecule has 100 valence electrons. The Kier molecular flexibility index (Phi) is 5.18. The molecule has 1 aliphatic rings. The first-order valence-electron chi connectivity index (χ1n) is 7.24. The minimum Gasteiger partial charge on any atom is -0.310 e. The molecule has 1 saturated carbocycles. The summed E-state index contributed by atoms with van der Waals surface area (Å²) < 4.78 is 13.2. The van der Waals surface area contributed by atoms with E-state index < -0.39 is 0 Å². The van der Waals surface area contributed by atoms with Crippen LogP contribution in [0.4, 0.5) is 4.39 Å². The van der Waals surface area contributed by atoms with Crippen LogP contribution in [0.3, 0.4) is 0 Å². The van der Waals surface area contributed by atoms with Gasteiger partial charge in [0.05, 0.1) is 0 Å². The van der Waals surface area contributed by atoms with Crippen molar-refractivity contribution >= 4 is 0 Å². The number of aryl methyl sites for hydroxylation is 1. The van der Waals surface area contributed by atoms with Crippen molar-refractivity contribution in [3.8, 4) is 0 Å². The number of rotatable bonds is 3. The Morgan fingerprint density at radius 2 is 1.78 bits per heavy atom. The second-order valence-electron chi connectivity index (χ2n) is 5.49. The van der Waals surface area contributed by atoms with Crippen LogP contribution < -0.4 is 5.32 Å². The van der Waals surface area contributed by atoms with Gasteiger partial charge in [-0.3, -0.25) is 0 Å². The van der Waals surface area contributed by atoms with Gasteiger partial charge in [-0.1, -0.05) is 38.2 Å². The first kappa shape index (κ1) is 13.5. The van der Waals surface area contributed by atoms with Gasteiger partial charge in [-0.15, -0.1) is 0 Å². The fraction of sp³-hybridized carbons (Fsp3) is 0.625. The van der Waals surface area contributed by atoms with Crippen LogP contribution in [-0.2, 0) is 6.54 Å². The van der Waals surface area contributed by atoms with Crippen LogP contribution in [0.25, 0.3) is 0 Å². The van der Waals surface area contributed by atoms with Crippen molar-refractivity contribution in [1.29, 1.82) is 0 Å². The SMILES string of the molecule is Cc1ccc(F)cc1CNC1CCCCCCC1. The first-order valence-corrected chi connectivity index (χ1v) is 7.24. The predicted octanol–water partition coefficient (Wildman–Crippen LogP) is 4.34. The molecule has 0 amide bonds. The smallest absolute Gasteiger partial charge is 0.123 e. The molecule has 0 heterocycles. The third-order valence-corrected chi connectivity index (χ3v) is 4.00. The fourth-order valence-corrected chi connectivity index (χ4v) is 2.75. The van der Waals surface area contributed by atoms with Gasteiger partial charge in [0.25, 0.3) is 0 Å². The summed E-state index contributed by atoms with van der Waals surface area (Å²) in [6.45, 7) is 2.85. The first-order chi connectivity index (χ1) is 8.75. The quantitative estimate of drug-likeness (QED) is 0.840. The number of benzene rings is 1. The lowest BCUT2D eigenvalue weighted by Gasteiger charge is -2.21. The van der Waals surface area contributed by atoms with E-state index in [2.05, 4.69) is 12.2 Å². The lowest BCUT2D eigenvalue weighted by molar-refractivity contribution is 0.388. The normalized spacial score (nSPS) is 18.3. The number of halogens is 1. The number of hydrogen-bond acceptors (Lipinski definition) is 1. The molecule has 0 bridgehead atoms. The van der Waals surface area contributed by atoms with Crippen molar-refractivity contribution in [1.82, 2.24) is 5.32 Å². The molecule has 2 rings (SSSR count). The minimum atomic E-state index is -0.130. The van der Waals surface area contributed by atoms with E-state index in [1.165, 1.54) is 56.6 Å². The predicted molar refractivity (Wildman–Crippen MR) is 74.1 cm³/mol. The molecule has 0 aromatic heterocycles. The van der Waals surface area contributed by atoms with E-state index >= 15 is 0 Å². The Morgan fingerprint density at radius 1 is 1.11 bits per heavy atom. The summed E-state index contributed by atoms with van der Waals surface area (Å²) in [5.74, 6) is -0.130. The third-order valence-electron chi connectivity index (χ3n) is 4.00. The minimum absolute atomic E-state index is 0.130. The van der Waals surface area contributed by atoms with E-state index in [0.717, 1.165) is 12.1 Å². The van der Waals surface area contributed by atoms with Gasteiger partial charge in [0.15, 0.2) is 0 Å². The van der Waals surface area contributed by atoms with Crippen LogP contribution in [0.1, 0.15) is 56.1 Å². The molecule has 2 heteroatoms. The zero-order valence-electron chi connectivity index (χ0n) is 11.3. The van der Waals surface area contributed by atoms with Gasteiger partial charge in [-0.05, 0) is 43.0 Å². The van der Waals surface area contributed by atoms with E-state index in [-0.39, 0.29) is 5.82 Å². The molecule has 1 aliphatic carbocycles. The third kappa shape index (κ3) is 4.09. The van der Waals surface area contributed by atoms with E-state index in [0.29, 0.717) is 6.04 Å². The zero-order valence-corrected chi connectivity index (χ0v) is 11.3. The van der Waals surface area contributed by atoms with Crippen molar-refractivity contribution in [3.05, 3.63) is 35.1 Å². The van der Waals surface area contributed by atoms with E-state index in [1.807, 2.05) is 6.07 Å². The Hall–Kier alpha value is -0.890. The number of hydrogen-bond donors (Lipinski definition) is 1. The molecule has 1 aromatic rings. The molecule has 0 spiro atoms. The topological polar surface area (TPSA) is 12.0 Å². The molecule has 1 N–H and O–H groups in total. The van der Waals surface area contributed by atoms with Gasteiger partial charge in [0.2, 0.25) is 0 Å². The summed E-state index contributed by atoms with van der Waals surface area (Å²) in [5, 5.41) is 3.61. The monoisotopic (exact) mass is 249 g/mol. The lowest BCUT2D eigenvalue weighted by Crippen LogP contribution is -2.29. The van der Waals surface area contributed by atoms with Crippen LogP contribution >= 0.6 is 0 Å². The second-order valence-corrected chi connectivity index (χ2v) is 5.49. The van der Waals surface area contributed by atoms with Crippen LogP contribution in [0.5, 0.6) is 0 Å². The van der Waals surface area contributed by atoms with E-state index in [4.69, 9.17) is 0 Å². The maximum absolute atomic E-state index is 13.2. The molecule has 1 nitrogen and oxygen atoms in total. The van der Waals surface area contributed by atoms with Gasteiger partial charge in [0, 0.05) is 12.6 Å². The highest BCUT2D eigenvalue weighted by molar-refractivity contribution is 5.26. The fourth-order valence-electron chi connectivity index (χ4n) is 2.75. The molecular weight excluding hydrogens is 225 g/mol. The molecule has 0 unspecified atom stereocenters. The van der Waals surface area contributed by atoms with E-state index in [1.54, 1.807) is 6.07 Å². The second kappa shape index (κ2) is 6.89. The van der Waals surface area contributed by atoms with Crippen molar-refractivity contribution in [3.63, 3.8) is 0 Å². The summed E-state index contributed by atoms with van der Waals surface area (Å²) in [6, 6.07) is 5.68. The molecule has 0 saturated heterocycles. The van der Waals surface area contributed by atoms with Gasteiger partial charge >= 0.3 is 0 Å². The van der Waals surface area contributed by atoms with Crippen molar-refractivity contribution < 1.29 is 4.39 Å². The number of nitrogens with one attached hydrogen (secondary N) is 1. The average Bonchev–Trinajstić information content (AvgIpc) is 2.32. The van der Waals surface area contributed by atoms with E-state index in [9.17, 15) is 4.39 Å². The molecule has 0 radical (unpaired) electrons.